The molecular weight excluding hydrogens is 552 g/mol. The van der Waals surface area contributed by atoms with Crippen molar-refractivity contribution in [3.8, 4) is 11.5 Å². The molecule has 1 heterocycles. The van der Waals surface area contributed by atoms with Gasteiger partial charge in [-0.3, -0.25) is 9.80 Å². The van der Waals surface area contributed by atoms with Crippen LogP contribution in [-0.4, -0.2) is 78.5 Å². The number of ether oxygens (including phenoxy) is 2. The van der Waals surface area contributed by atoms with E-state index in [2.05, 4.69) is 5.32 Å². The fourth-order valence-corrected chi connectivity index (χ4v) is 6.34. The first-order valence-corrected chi connectivity index (χ1v) is 14.9. The molecule has 1 aliphatic rings. The van der Waals surface area contributed by atoms with Gasteiger partial charge >= 0.3 is 6.09 Å². The number of sulfonamides is 1. The van der Waals surface area contributed by atoms with E-state index in [0.29, 0.717) is 37.3 Å². The van der Waals surface area contributed by atoms with Crippen LogP contribution in [0.2, 0.25) is 0 Å². The van der Waals surface area contributed by atoms with Crippen molar-refractivity contribution in [2.24, 2.45) is 11.3 Å². The lowest BCUT2D eigenvalue weighted by atomic mass is 9.87. The molecule has 0 bridgehead atoms. The number of rotatable bonds is 15. The first-order chi connectivity index (χ1) is 19.3. The van der Waals surface area contributed by atoms with Crippen molar-refractivity contribution in [3.63, 3.8) is 0 Å². The van der Waals surface area contributed by atoms with Gasteiger partial charge in [-0.15, -0.1) is 0 Å². The molecule has 0 aromatic heterocycles. The van der Waals surface area contributed by atoms with Crippen molar-refractivity contribution >= 4 is 22.0 Å². The largest absolute Gasteiger partial charge is 0.465 e. The Morgan fingerprint density at radius 1 is 1.10 bits per heavy atom. The summed E-state index contributed by atoms with van der Waals surface area (Å²) in [4.78, 5) is 22.9. The number of hydrazine groups is 1. The number of benzene rings is 2. The highest BCUT2D eigenvalue weighted by Crippen LogP contribution is 2.36. The first kappa shape index (κ1) is 32.1. The van der Waals surface area contributed by atoms with Crippen molar-refractivity contribution in [1.82, 2.24) is 14.6 Å². The van der Waals surface area contributed by atoms with Gasteiger partial charge in [0.25, 0.3) is 0 Å². The molecule has 2 aromatic carbocycles. The number of aliphatic hydroxyl groups excluding tert-OH is 1. The Balaban J connectivity index is 1.84. The molecule has 0 saturated carbocycles. The molecule has 226 valence electrons. The minimum Gasteiger partial charge on any atom is -0.465 e. The Hall–Kier alpha value is -3.39. The van der Waals surface area contributed by atoms with Gasteiger partial charge in [0.2, 0.25) is 22.7 Å². The number of nitrogens with two attached hydrogens (primary N) is 1. The fraction of sp³-hybridized carbons (Fsp3) is 0.500. The maximum Gasteiger partial charge on any atom is 0.404 e. The summed E-state index contributed by atoms with van der Waals surface area (Å²) in [5.74, 6) is 6.18. The fourth-order valence-electron chi connectivity index (χ4n) is 4.68. The van der Waals surface area contributed by atoms with Crippen LogP contribution in [0, 0.1) is 5.41 Å². The lowest BCUT2D eigenvalue weighted by Crippen LogP contribution is -2.51. The van der Waals surface area contributed by atoms with E-state index in [-0.39, 0.29) is 37.1 Å². The van der Waals surface area contributed by atoms with Crippen LogP contribution in [0.3, 0.4) is 0 Å². The second-order valence-corrected chi connectivity index (χ2v) is 12.9. The molecule has 12 nitrogen and oxygen atoms in total. The molecule has 0 spiro atoms. The predicted molar refractivity (Wildman–Crippen MR) is 152 cm³/mol. The van der Waals surface area contributed by atoms with Crippen LogP contribution in [0.5, 0.6) is 11.5 Å². The minimum atomic E-state index is -4.15. The molecule has 0 saturated heterocycles. The number of amides is 2. The average Bonchev–Trinajstić information content (AvgIpc) is 3.38. The van der Waals surface area contributed by atoms with E-state index in [0.717, 1.165) is 10.6 Å². The van der Waals surface area contributed by atoms with Gasteiger partial charge in [-0.05, 0) is 42.4 Å². The van der Waals surface area contributed by atoms with Crippen LogP contribution in [0.15, 0.2) is 53.4 Å². The number of nitrogens with zero attached hydrogens (tertiary/aromatic N) is 2. The van der Waals surface area contributed by atoms with Crippen LogP contribution in [0.25, 0.3) is 0 Å². The Morgan fingerprint density at radius 2 is 1.78 bits per heavy atom. The van der Waals surface area contributed by atoms with Crippen molar-refractivity contribution in [2.75, 3.05) is 26.4 Å². The topological polar surface area (TPSA) is 172 Å². The van der Waals surface area contributed by atoms with Crippen molar-refractivity contribution in [2.45, 2.75) is 63.5 Å². The van der Waals surface area contributed by atoms with Gasteiger partial charge < -0.3 is 25.0 Å². The monoisotopic (exact) mass is 592 g/mol. The summed E-state index contributed by atoms with van der Waals surface area (Å²) in [6, 6.07) is 12.4. The van der Waals surface area contributed by atoms with Gasteiger partial charge in [-0.2, -0.15) is 4.31 Å². The SMILES string of the molecule is CC(=O)N(N)CCCCC(C)(C)CN(C[C@@H](O)[C@H](Cc1ccccc1)NC(=O)O)S(=O)(=O)c1ccc2c(c1)OCO2. The van der Waals surface area contributed by atoms with Gasteiger partial charge in [-0.25, -0.2) is 19.1 Å². The van der Waals surface area contributed by atoms with Crippen molar-refractivity contribution < 1.29 is 37.7 Å². The quantitative estimate of drug-likeness (QED) is 0.105. The average molecular weight is 593 g/mol. The number of fused-ring (bicyclic) bond motifs is 1. The molecule has 41 heavy (non-hydrogen) atoms. The van der Waals surface area contributed by atoms with E-state index in [1.807, 2.05) is 32.0 Å². The zero-order valence-corrected chi connectivity index (χ0v) is 24.5. The van der Waals surface area contributed by atoms with Crippen molar-refractivity contribution in [1.29, 1.82) is 0 Å². The molecule has 5 N–H and O–H groups in total. The van der Waals surface area contributed by atoms with E-state index in [4.69, 9.17) is 15.3 Å². The summed E-state index contributed by atoms with van der Waals surface area (Å²) in [6.45, 7) is 5.29. The summed E-state index contributed by atoms with van der Waals surface area (Å²) in [5.41, 5.74) is 0.254. The minimum absolute atomic E-state index is 0.0137. The lowest BCUT2D eigenvalue weighted by molar-refractivity contribution is -0.129. The van der Waals surface area contributed by atoms with Gasteiger partial charge in [0, 0.05) is 32.6 Å². The first-order valence-electron chi connectivity index (χ1n) is 13.4. The predicted octanol–water partition coefficient (Wildman–Crippen LogP) is 2.56. The highest BCUT2D eigenvalue weighted by molar-refractivity contribution is 7.89. The number of carbonyl (C=O) groups excluding carboxylic acids is 1. The van der Waals surface area contributed by atoms with Crippen molar-refractivity contribution in [3.05, 3.63) is 54.1 Å². The number of carboxylic acid groups (broad SMARTS) is 1. The zero-order chi connectivity index (χ0) is 30.2. The van der Waals surface area contributed by atoms with Gasteiger partial charge in [0.1, 0.15) is 0 Å². The summed E-state index contributed by atoms with van der Waals surface area (Å²) < 4.78 is 39.8. The van der Waals surface area contributed by atoms with Crippen LogP contribution in [0.1, 0.15) is 45.6 Å². The van der Waals surface area contributed by atoms with Crippen LogP contribution in [-0.2, 0) is 21.2 Å². The van der Waals surface area contributed by atoms with E-state index >= 15 is 0 Å². The normalized spacial score (nSPS) is 14.5. The Morgan fingerprint density at radius 3 is 2.44 bits per heavy atom. The molecule has 2 amide bonds. The molecule has 0 unspecified atom stereocenters. The molecule has 2 aromatic rings. The highest BCUT2D eigenvalue weighted by Gasteiger charge is 2.35. The molecule has 3 rings (SSSR count). The van der Waals surface area contributed by atoms with E-state index < -0.39 is 33.7 Å². The third kappa shape index (κ3) is 9.32. The number of aliphatic hydroxyl groups is 1. The molecule has 13 heteroatoms. The van der Waals surface area contributed by atoms with Gasteiger partial charge in [0.05, 0.1) is 17.0 Å². The summed E-state index contributed by atoms with van der Waals surface area (Å²) >= 11 is 0. The molecule has 1 aliphatic heterocycles. The van der Waals surface area contributed by atoms with Gasteiger partial charge in [0.15, 0.2) is 11.5 Å². The second-order valence-electron chi connectivity index (χ2n) is 11.0. The van der Waals surface area contributed by atoms with Gasteiger partial charge in [-0.1, -0.05) is 50.6 Å². The van der Waals surface area contributed by atoms with E-state index in [1.165, 1.54) is 29.4 Å². The lowest BCUT2D eigenvalue weighted by Gasteiger charge is -2.35. The maximum absolute atomic E-state index is 14.0. The number of nitrogens with one attached hydrogen (secondary N) is 1. The molecule has 0 aliphatic carbocycles. The third-order valence-corrected chi connectivity index (χ3v) is 8.76. The number of hydrogen-bond donors (Lipinski definition) is 4. The second kappa shape index (κ2) is 14.0. The summed E-state index contributed by atoms with van der Waals surface area (Å²) in [6.07, 6.45) is -0.573. The Labute approximate surface area is 241 Å². The zero-order valence-electron chi connectivity index (χ0n) is 23.7. The molecule has 2 atom stereocenters. The van der Waals surface area contributed by atoms with Crippen LogP contribution >= 0.6 is 0 Å². The Kier molecular flexibility index (Phi) is 11.0. The molecule has 0 fully saturated rings. The maximum atomic E-state index is 14.0. The number of hydrogen-bond acceptors (Lipinski definition) is 8. The smallest absolute Gasteiger partial charge is 0.404 e. The third-order valence-electron chi connectivity index (χ3n) is 6.96. The standard InChI is InChI=1S/C28H40N4O8S/c1-20(33)32(29)14-8-7-13-28(2,3)18-31(41(37,38)22-11-12-25-26(16-22)40-19-39-25)17-24(34)23(30-27(35)36)15-21-9-5-4-6-10-21/h4-6,9-12,16,23-24,30,34H,7-8,13-15,17-19,29H2,1-3H3,(H,35,36)/t23-,24+/m0/s1. The molecular formula is C28H40N4O8S. The molecule has 0 radical (unpaired) electrons. The number of unbranched alkanes of at least 4 members (excludes halogenated alkanes) is 1. The highest BCUT2D eigenvalue weighted by atomic mass is 32.2. The van der Waals surface area contributed by atoms with Crippen LogP contribution < -0.4 is 20.6 Å². The number of carbonyl (C=O) groups is 2. The summed E-state index contributed by atoms with van der Waals surface area (Å²) in [7, 11) is -4.15. The van der Waals surface area contributed by atoms with Crippen LogP contribution in [0.4, 0.5) is 4.79 Å². The van der Waals surface area contributed by atoms with E-state index in [1.54, 1.807) is 12.1 Å². The van der Waals surface area contributed by atoms with E-state index in [9.17, 15) is 28.2 Å². The summed E-state index contributed by atoms with van der Waals surface area (Å²) in [5, 5.41) is 24.2. The Bertz CT molecular complexity index is 1290.